The molecule has 1 amide bonds. The SMILES string of the molecule is CC(C)COC(=O)N1[C@@H]2CC[C@H]1CC(Nc1nc(NC3CC(C)NN3)cc3nc(CO)ccc13)C2. The maximum atomic E-state index is 12.7. The molecule has 2 bridgehead atoms. The highest BCUT2D eigenvalue weighted by Gasteiger charge is 2.44. The van der Waals surface area contributed by atoms with Gasteiger partial charge in [-0.3, -0.25) is 10.4 Å². The summed E-state index contributed by atoms with van der Waals surface area (Å²) in [6.45, 7) is 6.58. The summed E-state index contributed by atoms with van der Waals surface area (Å²) in [5, 5.41) is 17.6. The summed E-state index contributed by atoms with van der Waals surface area (Å²) in [6, 6.07) is 6.69. The predicted octanol–water partition coefficient (Wildman–Crippen LogP) is 2.95. The van der Waals surface area contributed by atoms with Crippen molar-refractivity contribution in [1.29, 1.82) is 0 Å². The van der Waals surface area contributed by atoms with Gasteiger partial charge in [0, 0.05) is 35.6 Å². The average Bonchev–Trinajstić information content (AvgIpc) is 3.36. The molecule has 10 nitrogen and oxygen atoms in total. The van der Waals surface area contributed by atoms with Gasteiger partial charge >= 0.3 is 6.09 Å². The number of anilines is 2. The Kier molecular flexibility index (Phi) is 6.95. The van der Waals surface area contributed by atoms with Gasteiger partial charge in [0.05, 0.1) is 30.6 Å². The van der Waals surface area contributed by atoms with Gasteiger partial charge in [0.15, 0.2) is 0 Å². The standard InChI is InChI=1S/C25H37N7O3/c1-14(2)13-35-25(34)32-18-5-6-19(32)10-17(9-18)27-24-20-7-4-16(12-33)26-21(20)11-22(29-24)28-23-8-15(3)30-31-23/h4,7,11,14-15,17-19,23,30-31,33H,5-6,8-10,12-13H2,1-3H3,(H2,27,28,29)/t15?,17?,18-,19+,23?. The maximum Gasteiger partial charge on any atom is 0.410 e. The second-order valence-corrected chi connectivity index (χ2v) is 10.6. The molecule has 2 aromatic rings. The Hall–Kier alpha value is -2.69. The van der Waals surface area contributed by atoms with Crippen LogP contribution in [0, 0.1) is 5.92 Å². The van der Waals surface area contributed by atoms with Crippen molar-refractivity contribution in [1.82, 2.24) is 25.7 Å². The molecule has 35 heavy (non-hydrogen) atoms. The fourth-order valence-electron chi connectivity index (χ4n) is 5.53. The molecule has 3 unspecified atom stereocenters. The molecule has 5 rings (SSSR count). The Balaban J connectivity index is 1.34. The first-order valence-electron chi connectivity index (χ1n) is 12.8. The molecule has 5 N–H and O–H groups in total. The van der Waals surface area contributed by atoms with E-state index in [9.17, 15) is 9.90 Å². The molecule has 0 spiro atoms. The van der Waals surface area contributed by atoms with Crippen molar-refractivity contribution in [3.63, 3.8) is 0 Å². The number of aromatic nitrogens is 2. The Labute approximate surface area is 206 Å². The molecule has 2 aromatic heterocycles. The number of piperidine rings is 1. The van der Waals surface area contributed by atoms with Crippen LogP contribution in [0.15, 0.2) is 18.2 Å². The molecule has 0 aliphatic carbocycles. The van der Waals surface area contributed by atoms with E-state index in [1.165, 1.54) is 0 Å². The van der Waals surface area contributed by atoms with Crippen LogP contribution in [0.4, 0.5) is 16.4 Å². The van der Waals surface area contributed by atoms with Gasteiger partial charge < -0.3 is 25.4 Å². The minimum Gasteiger partial charge on any atom is -0.449 e. The molecule has 5 atom stereocenters. The number of aliphatic hydroxyl groups is 1. The minimum atomic E-state index is -0.174. The Morgan fingerprint density at radius 3 is 2.60 bits per heavy atom. The van der Waals surface area contributed by atoms with E-state index in [2.05, 4.69) is 47.2 Å². The Bertz CT molecular complexity index is 1050. The molecule has 10 heteroatoms. The second-order valence-electron chi connectivity index (χ2n) is 10.6. The van der Waals surface area contributed by atoms with Gasteiger partial charge in [0.2, 0.25) is 0 Å². The topological polar surface area (TPSA) is 124 Å². The van der Waals surface area contributed by atoms with Gasteiger partial charge in [-0.25, -0.2) is 15.2 Å². The van der Waals surface area contributed by atoms with Crippen molar-refractivity contribution in [2.75, 3.05) is 17.2 Å². The smallest absolute Gasteiger partial charge is 0.410 e. The zero-order valence-corrected chi connectivity index (χ0v) is 20.8. The molecule has 0 saturated carbocycles. The second kappa shape index (κ2) is 10.1. The van der Waals surface area contributed by atoms with Crippen molar-refractivity contribution in [3.05, 3.63) is 23.9 Å². The number of fused-ring (bicyclic) bond motifs is 3. The van der Waals surface area contributed by atoms with E-state index in [1.54, 1.807) is 0 Å². The van der Waals surface area contributed by atoms with E-state index in [1.807, 2.05) is 23.1 Å². The normalized spacial score (nSPS) is 28.0. The van der Waals surface area contributed by atoms with E-state index in [-0.39, 0.29) is 37.0 Å². The molecular formula is C25H37N7O3. The predicted molar refractivity (Wildman–Crippen MR) is 135 cm³/mol. The summed E-state index contributed by atoms with van der Waals surface area (Å²) < 4.78 is 5.55. The number of hydrogen-bond donors (Lipinski definition) is 5. The number of aliphatic hydroxyl groups excluding tert-OH is 1. The molecule has 0 aromatic carbocycles. The van der Waals surface area contributed by atoms with Crippen molar-refractivity contribution in [2.45, 2.75) is 89.8 Å². The van der Waals surface area contributed by atoms with Crippen molar-refractivity contribution in [3.8, 4) is 0 Å². The lowest BCUT2D eigenvalue weighted by Gasteiger charge is -2.38. The van der Waals surface area contributed by atoms with Gasteiger partial charge in [-0.1, -0.05) is 13.8 Å². The van der Waals surface area contributed by atoms with E-state index >= 15 is 0 Å². The van der Waals surface area contributed by atoms with Crippen LogP contribution < -0.4 is 21.5 Å². The van der Waals surface area contributed by atoms with Crippen LogP contribution in [-0.2, 0) is 11.3 Å². The summed E-state index contributed by atoms with van der Waals surface area (Å²) in [5.41, 5.74) is 7.88. The number of rotatable bonds is 7. The summed E-state index contributed by atoms with van der Waals surface area (Å²) >= 11 is 0. The van der Waals surface area contributed by atoms with Crippen LogP contribution >= 0.6 is 0 Å². The monoisotopic (exact) mass is 483 g/mol. The first-order chi connectivity index (χ1) is 16.9. The van der Waals surface area contributed by atoms with Gasteiger partial charge in [0.25, 0.3) is 0 Å². The molecule has 5 heterocycles. The summed E-state index contributed by atoms with van der Waals surface area (Å²) in [5.74, 6) is 1.84. The van der Waals surface area contributed by atoms with Crippen LogP contribution in [0.5, 0.6) is 0 Å². The van der Waals surface area contributed by atoms with E-state index in [0.717, 1.165) is 54.6 Å². The van der Waals surface area contributed by atoms with E-state index in [4.69, 9.17) is 9.72 Å². The highest BCUT2D eigenvalue weighted by Crippen LogP contribution is 2.38. The van der Waals surface area contributed by atoms with Crippen molar-refractivity contribution in [2.24, 2.45) is 5.92 Å². The van der Waals surface area contributed by atoms with Crippen LogP contribution in [0.1, 0.15) is 58.6 Å². The number of carbonyl (C=O) groups is 1. The zero-order valence-electron chi connectivity index (χ0n) is 20.8. The number of hydrazine groups is 1. The number of nitrogens with one attached hydrogen (secondary N) is 4. The van der Waals surface area contributed by atoms with Gasteiger partial charge in [-0.15, -0.1) is 0 Å². The zero-order chi connectivity index (χ0) is 24.5. The van der Waals surface area contributed by atoms with Crippen LogP contribution in [0.3, 0.4) is 0 Å². The third-order valence-electron chi connectivity index (χ3n) is 7.15. The number of hydrogen-bond acceptors (Lipinski definition) is 9. The Morgan fingerprint density at radius 1 is 1.17 bits per heavy atom. The average molecular weight is 484 g/mol. The Morgan fingerprint density at radius 2 is 1.94 bits per heavy atom. The largest absolute Gasteiger partial charge is 0.449 e. The van der Waals surface area contributed by atoms with Gasteiger partial charge in [0.1, 0.15) is 11.6 Å². The third-order valence-corrected chi connectivity index (χ3v) is 7.15. The number of pyridine rings is 2. The van der Waals surface area contributed by atoms with Crippen LogP contribution in [0.2, 0.25) is 0 Å². The maximum absolute atomic E-state index is 12.7. The summed E-state index contributed by atoms with van der Waals surface area (Å²) in [4.78, 5) is 24.2. The number of amides is 1. The van der Waals surface area contributed by atoms with E-state index < -0.39 is 0 Å². The summed E-state index contributed by atoms with van der Waals surface area (Å²) in [7, 11) is 0. The quantitative estimate of drug-likeness (QED) is 0.404. The lowest BCUT2D eigenvalue weighted by molar-refractivity contribution is 0.0603. The molecule has 190 valence electrons. The molecule has 3 saturated heterocycles. The molecular weight excluding hydrogens is 446 g/mol. The van der Waals surface area contributed by atoms with Crippen molar-refractivity contribution < 1.29 is 14.6 Å². The van der Waals surface area contributed by atoms with Crippen LogP contribution in [-0.4, -0.2) is 63.0 Å². The van der Waals surface area contributed by atoms with E-state index in [0.29, 0.717) is 24.3 Å². The number of ether oxygens (including phenoxy) is 1. The molecule has 3 aliphatic heterocycles. The van der Waals surface area contributed by atoms with Crippen LogP contribution in [0.25, 0.3) is 10.9 Å². The number of carbonyl (C=O) groups excluding carboxylic acids is 1. The lowest BCUT2D eigenvalue weighted by Crippen LogP contribution is -2.50. The number of nitrogens with zero attached hydrogens (tertiary/aromatic N) is 3. The summed E-state index contributed by atoms with van der Waals surface area (Å²) in [6.07, 6.45) is 4.57. The first-order valence-corrected chi connectivity index (χ1v) is 12.8. The van der Waals surface area contributed by atoms with Crippen molar-refractivity contribution >= 4 is 28.6 Å². The first kappa shape index (κ1) is 24.0. The minimum absolute atomic E-state index is 0.0692. The molecule has 0 radical (unpaired) electrons. The van der Waals surface area contributed by atoms with Gasteiger partial charge in [-0.05, 0) is 57.1 Å². The highest BCUT2D eigenvalue weighted by molar-refractivity contribution is 5.91. The fraction of sp³-hybridized carbons (Fsp3) is 0.640. The van der Waals surface area contributed by atoms with Gasteiger partial charge in [-0.2, -0.15) is 0 Å². The lowest BCUT2D eigenvalue weighted by atomic mass is 9.97. The molecule has 3 aliphatic rings. The molecule has 3 fully saturated rings. The third kappa shape index (κ3) is 5.29. The fourth-order valence-corrected chi connectivity index (χ4v) is 5.53. The highest BCUT2D eigenvalue weighted by atomic mass is 16.6.